The maximum atomic E-state index is 13.9. The number of fused-ring (bicyclic) bond motifs is 1. The second-order valence-corrected chi connectivity index (χ2v) is 3.96. The smallest absolute Gasteiger partial charge is 0.265 e. The molecule has 3 rings (SSSR count). The number of nitro groups is 1. The molecule has 0 amide bonds. The zero-order chi connectivity index (χ0) is 13.6. The van der Waals surface area contributed by atoms with Gasteiger partial charge in [-0.25, -0.2) is 9.07 Å². The molecule has 3 aromatic rings. The van der Waals surface area contributed by atoms with Crippen LogP contribution in [0.15, 0.2) is 30.7 Å². The van der Waals surface area contributed by atoms with Crippen LogP contribution in [0.1, 0.15) is 0 Å². The molecule has 0 fully saturated rings. The summed E-state index contributed by atoms with van der Waals surface area (Å²) < 4.78 is 16.6. The molecule has 0 saturated carbocycles. The predicted octanol–water partition coefficient (Wildman–Crippen LogP) is 1.81. The minimum absolute atomic E-state index is 0.205. The summed E-state index contributed by atoms with van der Waals surface area (Å²) in [7, 11) is 1.57. The van der Waals surface area contributed by atoms with Crippen molar-refractivity contribution in [1.82, 2.24) is 19.6 Å². The third kappa shape index (κ3) is 1.57. The minimum Gasteiger partial charge on any atom is -0.265 e. The second kappa shape index (κ2) is 3.87. The summed E-state index contributed by atoms with van der Waals surface area (Å²) in [6.07, 6.45) is 4.45. The van der Waals surface area contributed by atoms with E-state index in [1.165, 1.54) is 21.8 Å². The zero-order valence-corrected chi connectivity index (χ0v) is 9.82. The highest BCUT2D eigenvalue weighted by molar-refractivity contribution is 5.92. The molecule has 0 atom stereocenters. The Labute approximate surface area is 106 Å². The molecule has 96 valence electrons. The summed E-state index contributed by atoms with van der Waals surface area (Å²) in [5, 5.41) is 19.3. The first-order valence-electron chi connectivity index (χ1n) is 5.38. The standard InChI is InChI=1S/C11H8FN5O2/c1-15-10-7(6-14-15)11(16-4-2-3-13-16)9(17(18)19)5-8(10)12/h2-6H,1H3. The molecule has 1 aromatic carbocycles. The van der Waals surface area contributed by atoms with E-state index in [2.05, 4.69) is 10.2 Å². The molecule has 0 aliphatic carbocycles. The zero-order valence-electron chi connectivity index (χ0n) is 9.82. The number of aryl methyl sites for hydroxylation is 1. The Kier molecular flexibility index (Phi) is 2.31. The Morgan fingerprint density at radius 2 is 2.21 bits per heavy atom. The molecule has 0 aliphatic rings. The molecule has 19 heavy (non-hydrogen) atoms. The number of halogens is 1. The van der Waals surface area contributed by atoms with Crippen molar-refractivity contribution in [2.75, 3.05) is 0 Å². The fourth-order valence-electron chi connectivity index (χ4n) is 2.07. The molecular weight excluding hydrogens is 253 g/mol. The number of nitro benzene ring substituents is 1. The van der Waals surface area contributed by atoms with Crippen molar-refractivity contribution in [3.8, 4) is 5.69 Å². The van der Waals surface area contributed by atoms with E-state index in [9.17, 15) is 14.5 Å². The number of hydrogen-bond acceptors (Lipinski definition) is 4. The monoisotopic (exact) mass is 261 g/mol. The first-order valence-corrected chi connectivity index (χ1v) is 5.38. The van der Waals surface area contributed by atoms with Crippen LogP contribution in [0.5, 0.6) is 0 Å². The quantitative estimate of drug-likeness (QED) is 0.520. The van der Waals surface area contributed by atoms with Gasteiger partial charge >= 0.3 is 0 Å². The van der Waals surface area contributed by atoms with Gasteiger partial charge in [0, 0.05) is 19.4 Å². The van der Waals surface area contributed by atoms with Crippen molar-refractivity contribution in [1.29, 1.82) is 0 Å². The number of nitrogens with zero attached hydrogens (tertiary/aromatic N) is 5. The van der Waals surface area contributed by atoms with Gasteiger partial charge in [-0.1, -0.05) is 0 Å². The van der Waals surface area contributed by atoms with Crippen molar-refractivity contribution in [3.63, 3.8) is 0 Å². The fraction of sp³-hybridized carbons (Fsp3) is 0.0909. The lowest BCUT2D eigenvalue weighted by Crippen LogP contribution is -2.03. The summed E-state index contributed by atoms with van der Waals surface area (Å²) in [6, 6.07) is 2.52. The lowest BCUT2D eigenvalue weighted by molar-refractivity contribution is -0.384. The Bertz CT molecular complexity index is 778. The lowest BCUT2D eigenvalue weighted by atomic mass is 10.2. The van der Waals surface area contributed by atoms with Gasteiger partial charge in [0.25, 0.3) is 5.69 Å². The maximum Gasteiger partial charge on any atom is 0.298 e. The van der Waals surface area contributed by atoms with E-state index in [1.54, 1.807) is 19.3 Å². The lowest BCUT2D eigenvalue weighted by Gasteiger charge is -2.06. The van der Waals surface area contributed by atoms with Gasteiger partial charge in [0.1, 0.15) is 5.52 Å². The average molecular weight is 261 g/mol. The van der Waals surface area contributed by atoms with Crippen LogP contribution in [0, 0.1) is 15.9 Å². The van der Waals surface area contributed by atoms with Crippen LogP contribution in [0.2, 0.25) is 0 Å². The highest BCUT2D eigenvalue weighted by atomic mass is 19.1. The number of aromatic nitrogens is 4. The van der Waals surface area contributed by atoms with Crippen LogP contribution in [0.3, 0.4) is 0 Å². The molecule has 7 nitrogen and oxygen atoms in total. The molecular formula is C11H8FN5O2. The molecule has 2 aromatic heterocycles. The molecule has 0 bridgehead atoms. The molecule has 0 saturated heterocycles. The molecule has 0 N–H and O–H groups in total. The average Bonchev–Trinajstić information content (AvgIpc) is 2.99. The van der Waals surface area contributed by atoms with Gasteiger partial charge in [-0.05, 0) is 6.07 Å². The predicted molar refractivity (Wildman–Crippen MR) is 64.4 cm³/mol. The fourth-order valence-corrected chi connectivity index (χ4v) is 2.07. The van der Waals surface area contributed by atoms with Gasteiger partial charge in [-0.3, -0.25) is 14.8 Å². The Morgan fingerprint density at radius 3 is 2.84 bits per heavy atom. The second-order valence-electron chi connectivity index (χ2n) is 3.96. The molecule has 0 unspecified atom stereocenters. The Hall–Kier alpha value is -2.77. The minimum atomic E-state index is -0.683. The van der Waals surface area contributed by atoms with E-state index in [4.69, 9.17) is 0 Å². The van der Waals surface area contributed by atoms with Gasteiger partial charge in [0.15, 0.2) is 11.5 Å². The third-order valence-electron chi connectivity index (χ3n) is 2.86. The molecule has 0 aliphatic heterocycles. The molecule has 2 heterocycles. The summed E-state index contributed by atoms with van der Waals surface area (Å²) in [5.74, 6) is -0.683. The van der Waals surface area contributed by atoms with E-state index in [0.29, 0.717) is 5.39 Å². The van der Waals surface area contributed by atoms with Gasteiger partial charge in [0.05, 0.1) is 22.6 Å². The summed E-state index contributed by atoms with van der Waals surface area (Å²) in [4.78, 5) is 10.5. The summed E-state index contributed by atoms with van der Waals surface area (Å²) in [5.41, 5.74) is 0.0669. The summed E-state index contributed by atoms with van der Waals surface area (Å²) >= 11 is 0. The van der Waals surface area contributed by atoms with Crippen LogP contribution in [0.4, 0.5) is 10.1 Å². The van der Waals surface area contributed by atoms with Crippen LogP contribution in [-0.4, -0.2) is 24.5 Å². The summed E-state index contributed by atoms with van der Waals surface area (Å²) in [6.45, 7) is 0. The Morgan fingerprint density at radius 1 is 1.42 bits per heavy atom. The molecule has 0 spiro atoms. The van der Waals surface area contributed by atoms with Crippen molar-refractivity contribution >= 4 is 16.6 Å². The van der Waals surface area contributed by atoms with E-state index in [-0.39, 0.29) is 16.9 Å². The van der Waals surface area contributed by atoms with Crippen molar-refractivity contribution in [2.45, 2.75) is 0 Å². The SMILES string of the molecule is Cn1ncc2c(-n3cccn3)c([N+](=O)[O-])cc(F)c21. The number of benzene rings is 1. The normalized spacial score (nSPS) is 11.1. The van der Waals surface area contributed by atoms with Gasteiger partial charge in [-0.15, -0.1) is 0 Å². The first-order chi connectivity index (χ1) is 9.09. The van der Waals surface area contributed by atoms with Gasteiger partial charge in [0.2, 0.25) is 0 Å². The third-order valence-corrected chi connectivity index (χ3v) is 2.86. The topological polar surface area (TPSA) is 78.8 Å². The van der Waals surface area contributed by atoms with Gasteiger partial charge < -0.3 is 0 Å². The van der Waals surface area contributed by atoms with E-state index in [0.717, 1.165) is 6.07 Å². The Balaban J connectivity index is 2.49. The first kappa shape index (κ1) is 11.3. The van der Waals surface area contributed by atoms with Crippen molar-refractivity contribution in [3.05, 3.63) is 46.7 Å². The molecule has 8 heteroatoms. The highest BCUT2D eigenvalue weighted by Crippen LogP contribution is 2.32. The van der Waals surface area contributed by atoms with Crippen molar-refractivity contribution < 1.29 is 9.31 Å². The van der Waals surface area contributed by atoms with Crippen LogP contribution >= 0.6 is 0 Å². The number of rotatable bonds is 2. The van der Waals surface area contributed by atoms with E-state index < -0.39 is 10.7 Å². The van der Waals surface area contributed by atoms with Crippen LogP contribution in [0.25, 0.3) is 16.6 Å². The molecule has 0 radical (unpaired) electrons. The van der Waals surface area contributed by atoms with Crippen LogP contribution < -0.4 is 0 Å². The van der Waals surface area contributed by atoms with Crippen molar-refractivity contribution in [2.24, 2.45) is 7.05 Å². The van der Waals surface area contributed by atoms with Gasteiger partial charge in [-0.2, -0.15) is 10.2 Å². The number of hydrogen-bond donors (Lipinski definition) is 0. The van der Waals surface area contributed by atoms with E-state index in [1.807, 2.05) is 0 Å². The van der Waals surface area contributed by atoms with E-state index >= 15 is 0 Å². The largest absolute Gasteiger partial charge is 0.298 e. The maximum absolute atomic E-state index is 13.9. The highest BCUT2D eigenvalue weighted by Gasteiger charge is 2.24. The van der Waals surface area contributed by atoms with Crippen LogP contribution in [-0.2, 0) is 7.05 Å².